The molecule has 80 valence electrons. The fourth-order valence-corrected chi connectivity index (χ4v) is 1.75. The van der Waals surface area contributed by atoms with Gasteiger partial charge in [0.2, 0.25) is 0 Å². The van der Waals surface area contributed by atoms with E-state index in [9.17, 15) is 4.79 Å². The number of aliphatic carboxylic acids is 1. The minimum absolute atomic E-state index is 0.0864. The molecule has 0 amide bonds. The van der Waals surface area contributed by atoms with Gasteiger partial charge < -0.3 is 9.84 Å². The van der Waals surface area contributed by atoms with Gasteiger partial charge in [-0.15, -0.1) is 0 Å². The number of hydrogen-bond acceptors (Lipinski definition) is 2. The van der Waals surface area contributed by atoms with Gasteiger partial charge in [-0.05, 0) is 37.1 Å². The van der Waals surface area contributed by atoms with Crippen LogP contribution in [0.25, 0.3) is 0 Å². The number of carbonyl (C=O) groups is 1. The molecule has 0 aromatic heterocycles. The molecule has 0 bridgehead atoms. The average Bonchev–Trinajstić information content (AvgIpc) is 2.88. The molecule has 0 heterocycles. The molecule has 2 rings (SSSR count). The molecule has 0 spiro atoms. The number of carboxylic acid groups (broad SMARTS) is 1. The average molecular weight is 271 g/mol. The van der Waals surface area contributed by atoms with Gasteiger partial charge in [0.25, 0.3) is 0 Å². The first-order valence-electron chi connectivity index (χ1n) is 4.76. The van der Waals surface area contributed by atoms with Crippen molar-refractivity contribution in [2.24, 2.45) is 0 Å². The van der Waals surface area contributed by atoms with Crippen molar-refractivity contribution in [3.63, 3.8) is 0 Å². The molecule has 1 aromatic rings. The molecular formula is C11H11BrO3. The van der Waals surface area contributed by atoms with Crippen LogP contribution in [0.15, 0.2) is 28.7 Å². The number of halogens is 1. The first-order chi connectivity index (χ1) is 7.10. The number of rotatable bonds is 4. The predicted molar refractivity (Wildman–Crippen MR) is 59.0 cm³/mol. The van der Waals surface area contributed by atoms with Crippen molar-refractivity contribution < 1.29 is 14.6 Å². The van der Waals surface area contributed by atoms with E-state index in [-0.39, 0.29) is 6.42 Å². The molecule has 0 unspecified atom stereocenters. The second-order valence-electron chi connectivity index (χ2n) is 3.81. The lowest BCUT2D eigenvalue weighted by molar-refractivity contribution is -0.139. The van der Waals surface area contributed by atoms with Gasteiger partial charge in [-0.3, -0.25) is 4.79 Å². The zero-order valence-corrected chi connectivity index (χ0v) is 9.66. The summed E-state index contributed by atoms with van der Waals surface area (Å²) in [4.78, 5) is 10.6. The summed E-state index contributed by atoms with van der Waals surface area (Å²) in [6.07, 6.45) is 1.74. The van der Waals surface area contributed by atoms with Crippen LogP contribution < -0.4 is 4.74 Å². The Morgan fingerprint density at radius 2 is 2.00 bits per heavy atom. The van der Waals surface area contributed by atoms with Gasteiger partial charge in [0, 0.05) is 4.47 Å². The van der Waals surface area contributed by atoms with Crippen LogP contribution in [-0.4, -0.2) is 16.7 Å². The Morgan fingerprint density at radius 3 is 2.47 bits per heavy atom. The lowest BCUT2D eigenvalue weighted by Gasteiger charge is -2.15. The molecule has 0 atom stereocenters. The van der Waals surface area contributed by atoms with Gasteiger partial charge in [0.05, 0.1) is 6.42 Å². The molecule has 0 aliphatic heterocycles. The summed E-state index contributed by atoms with van der Waals surface area (Å²) in [5.74, 6) is -0.0680. The van der Waals surface area contributed by atoms with E-state index in [1.165, 1.54) is 0 Å². The molecular weight excluding hydrogens is 260 g/mol. The van der Waals surface area contributed by atoms with Crippen molar-refractivity contribution in [2.75, 3.05) is 0 Å². The van der Waals surface area contributed by atoms with Gasteiger partial charge in [0.15, 0.2) is 0 Å². The van der Waals surface area contributed by atoms with Crippen LogP contribution in [-0.2, 0) is 4.79 Å². The maximum Gasteiger partial charge on any atom is 0.307 e. The molecule has 0 radical (unpaired) electrons. The summed E-state index contributed by atoms with van der Waals surface area (Å²) in [5.41, 5.74) is -0.445. The normalized spacial score (nSPS) is 17.1. The van der Waals surface area contributed by atoms with E-state index in [0.717, 1.165) is 23.1 Å². The first-order valence-corrected chi connectivity index (χ1v) is 5.55. The Kier molecular flexibility index (Phi) is 2.69. The highest BCUT2D eigenvalue weighted by Crippen LogP contribution is 2.43. The Hall–Kier alpha value is -1.03. The van der Waals surface area contributed by atoms with Crippen LogP contribution >= 0.6 is 15.9 Å². The lowest BCUT2D eigenvalue weighted by Crippen LogP contribution is -2.22. The summed E-state index contributed by atoms with van der Waals surface area (Å²) in [6.45, 7) is 0. The number of ether oxygens (including phenoxy) is 1. The third-order valence-electron chi connectivity index (χ3n) is 2.43. The summed E-state index contributed by atoms with van der Waals surface area (Å²) in [5, 5.41) is 8.72. The van der Waals surface area contributed by atoms with Crippen molar-refractivity contribution >= 4 is 21.9 Å². The molecule has 15 heavy (non-hydrogen) atoms. The summed E-state index contributed by atoms with van der Waals surface area (Å²) >= 11 is 3.33. The fraction of sp³-hybridized carbons (Fsp3) is 0.364. The monoisotopic (exact) mass is 270 g/mol. The van der Waals surface area contributed by atoms with Crippen LogP contribution in [0.5, 0.6) is 5.75 Å². The number of hydrogen-bond donors (Lipinski definition) is 1. The van der Waals surface area contributed by atoms with Gasteiger partial charge in [-0.2, -0.15) is 0 Å². The quantitative estimate of drug-likeness (QED) is 0.915. The smallest absolute Gasteiger partial charge is 0.307 e. The number of carboxylic acids is 1. The maximum absolute atomic E-state index is 10.6. The van der Waals surface area contributed by atoms with E-state index in [1.807, 2.05) is 24.3 Å². The molecule has 1 aromatic carbocycles. The zero-order chi connectivity index (χ0) is 10.9. The molecule has 1 N–H and O–H groups in total. The Bertz CT molecular complexity index is 368. The minimum atomic E-state index is -0.801. The van der Waals surface area contributed by atoms with Crippen molar-refractivity contribution in [3.8, 4) is 5.75 Å². The van der Waals surface area contributed by atoms with Gasteiger partial charge in [0.1, 0.15) is 11.4 Å². The van der Waals surface area contributed by atoms with Crippen molar-refractivity contribution in [3.05, 3.63) is 28.7 Å². The Morgan fingerprint density at radius 1 is 1.40 bits per heavy atom. The van der Waals surface area contributed by atoms with Crippen LogP contribution in [0.3, 0.4) is 0 Å². The molecule has 1 aliphatic rings. The molecule has 1 fully saturated rings. The second kappa shape index (κ2) is 3.85. The fourth-order valence-electron chi connectivity index (χ4n) is 1.48. The van der Waals surface area contributed by atoms with Crippen molar-refractivity contribution in [1.82, 2.24) is 0 Å². The van der Waals surface area contributed by atoms with Gasteiger partial charge in [-0.25, -0.2) is 0 Å². The Labute approximate surface area is 96.2 Å². The number of benzene rings is 1. The van der Waals surface area contributed by atoms with Crippen LogP contribution in [0.1, 0.15) is 19.3 Å². The van der Waals surface area contributed by atoms with E-state index in [0.29, 0.717) is 0 Å². The third-order valence-corrected chi connectivity index (χ3v) is 2.96. The van der Waals surface area contributed by atoms with Gasteiger partial charge >= 0.3 is 5.97 Å². The lowest BCUT2D eigenvalue weighted by atomic mass is 10.2. The highest BCUT2D eigenvalue weighted by molar-refractivity contribution is 9.10. The highest BCUT2D eigenvalue weighted by atomic mass is 79.9. The van der Waals surface area contributed by atoms with E-state index in [4.69, 9.17) is 9.84 Å². The van der Waals surface area contributed by atoms with Crippen LogP contribution in [0.2, 0.25) is 0 Å². The second-order valence-corrected chi connectivity index (χ2v) is 4.73. The third kappa shape index (κ3) is 2.72. The van der Waals surface area contributed by atoms with Crippen LogP contribution in [0.4, 0.5) is 0 Å². The topological polar surface area (TPSA) is 46.5 Å². The molecule has 1 saturated carbocycles. The minimum Gasteiger partial charge on any atom is -0.487 e. The summed E-state index contributed by atoms with van der Waals surface area (Å²) in [6, 6.07) is 7.44. The van der Waals surface area contributed by atoms with Crippen LogP contribution in [0, 0.1) is 0 Å². The molecule has 4 heteroatoms. The summed E-state index contributed by atoms with van der Waals surface area (Å²) < 4.78 is 6.66. The van der Waals surface area contributed by atoms with Crippen molar-refractivity contribution in [2.45, 2.75) is 24.9 Å². The maximum atomic E-state index is 10.6. The summed E-state index contributed by atoms with van der Waals surface area (Å²) in [7, 11) is 0. The van der Waals surface area contributed by atoms with Gasteiger partial charge in [-0.1, -0.05) is 15.9 Å². The van der Waals surface area contributed by atoms with E-state index >= 15 is 0 Å². The largest absolute Gasteiger partial charge is 0.487 e. The molecule has 0 saturated heterocycles. The zero-order valence-electron chi connectivity index (χ0n) is 8.07. The van der Waals surface area contributed by atoms with E-state index in [2.05, 4.69) is 15.9 Å². The SMILES string of the molecule is O=C(O)CC1(Oc2ccc(Br)cc2)CC1. The Balaban J connectivity index is 2.02. The van der Waals surface area contributed by atoms with Crippen molar-refractivity contribution in [1.29, 1.82) is 0 Å². The molecule has 3 nitrogen and oxygen atoms in total. The molecule has 1 aliphatic carbocycles. The standard InChI is InChI=1S/C11H11BrO3/c12-8-1-3-9(4-2-8)15-11(5-6-11)7-10(13)14/h1-4H,5-7H2,(H,13,14). The van der Waals surface area contributed by atoms with E-state index < -0.39 is 11.6 Å². The first kappa shape index (κ1) is 10.5. The highest BCUT2D eigenvalue weighted by Gasteiger charge is 2.47. The predicted octanol–water partition coefficient (Wildman–Crippen LogP) is 2.84. The van der Waals surface area contributed by atoms with E-state index in [1.54, 1.807) is 0 Å².